The Balaban J connectivity index is 0.000000506. The molecule has 0 fully saturated rings. The minimum atomic E-state index is -1.46. The van der Waals surface area contributed by atoms with Crippen molar-refractivity contribution in [2.75, 3.05) is 13.2 Å². The number of benzene rings is 1. The largest absolute Gasteiger partial charge is 0.478 e. The number of aromatic carboxylic acids is 1. The summed E-state index contributed by atoms with van der Waals surface area (Å²) in [5, 5.41) is 47.3. The maximum atomic E-state index is 10.5. The smallest absolute Gasteiger partial charge is 0.336 e. The van der Waals surface area contributed by atoms with E-state index in [1.54, 1.807) is 6.92 Å². The molecule has 0 aliphatic carbocycles. The van der Waals surface area contributed by atoms with Gasteiger partial charge in [-0.25, -0.2) is 4.79 Å². The Morgan fingerprint density at radius 2 is 1.54 bits per heavy atom. The van der Waals surface area contributed by atoms with Gasteiger partial charge in [-0.15, -0.1) is 0 Å². The molecule has 0 aromatic heterocycles. The van der Waals surface area contributed by atoms with Crippen molar-refractivity contribution >= 4 is 17.3 Å². The number of nitro benzene ring substituents is 2. The van der Waals surface area contributed by atoms with Gasteiger partial charge in [0.25, 0.3) is 11.4 Å². The normalized spacial score (nSPS) is 10.3. The molecule has 12 heteroatoms. The molecule has 0 spiro atoms. The number of hydrogen-bond donors (Lipinski definition) is 2. The lowest BCUT2D eigenvalue weighted by Gasteiger charge is -1.96. The van der Waals surface area contributed by atoms with Gasteiger partial charge in [-0.05, 0) is 12.5 Å². The van der Waals surface area contributed by atoms with Gasteiger partial charge < -0.3 is 10.2 Å². The van der Waals surface area contributed by atoms with Crippen LogP contribution < -0.4 is 0 Å². The lowest BCUT2D eigenvalue weighted by Crippen LogP contribution is -2.01. The van der Waals surface area contributed by atoms with Crippen molar-refractivity contribution in [2.45, 2.75) is 6.92 Å². The van der Waals surface area contributed by atoms with Crippen LogP contribution in [0.4, 0.5) is 11.4 Å². The summed E-state index contributed by atoms with van der Waals surface area (Å²) in [4.78, 5) is 38.7. The molecule has 24 heavy (non-hydrogen) atoms. The SMILES string of the molecule is CC(=CCO)C[N+](=O)[O-].O=C(O)c1cc([N+](=O)[O-])cc([N+](=O)[O-])c1. The zero-order chi connectivity index (χ0) is 18.9. The first kappa shape index (κ1) is 20.6. The fourth-order valence-electron chi connectivity index (χ4n) is 1.35. The van der Waals surface area contributed by atoms with Crippen molar-refractivity contribution in [3.63, 3.8) is 0 Å². The average Bonchev–Trinajstić information content (AvgIpc) is 2.46. The molecule has 1 aromatic carbocycles. The number of nitrogens with zero attached hydrogens (tertiary/aromatic N) is 3. The van der Waals surface area contributed by atoms with Gasteiger partial charge in [-0.1, -0.05) is 6.08 Å². The Morgan fingerprint density at radius 3 is 1.83 bits per heavy atom. The second-order valence-electron chi connectivity index (χ2n) is 4.28. The Bertz CT molecular complexity index is 605. The standard InChI is InChI=1S/C7H4N2O6.C5H9NO3/c10-7(11)4-1-5(8(12)13)3-6(2-4)9(14)15;1-5(2-3-7)4-6(8)9/h1-3H,(H,10,11);2,7H,3-4H2,1H3. The maximum Gasteiger partial charge on any atom is 0.336 e. The predicted octanol–water partition coefficient (Wildman–Crippen LogP) is 1.40. The Labute approximate surface area is 134 Å². The zero-order valence-corrected chi connectivity index (χ0v) is 12.3. The number of rotatable bonds is 6. The molecule has 0 saturated heterocycles. The molecular formula is C12H13N3O9. The van der Waals surface area contributed by atoms with E-state index in [0.717, 1.165) is 12.1 Å². The van der Waals surface area contributed by atoms with Crippen LogP contribution in [0.25, 0.3) is 0 Å². The Kier molecular flexibility index (Phi) is 8.21. The van der Waals surface area contributed by atoms with E-state index in [-0.39, 0.29) is 13.2 Å². The molecule has 2 N–H and O–H groups in total. The number of carboxylic acids is 1. The molecule has 0 atom stereocenters. The quantitative estimate of drug-likeness (QED) is 0.437. The van der Waals surface area contributed by atoms with Gasteiger partial charge in [0.1, 0.15) is 0 Å². The number of aliphatic hydroxyl groups is 1. The van der Waals surface area contributed by atoms with Crippen molar-refractivity contribution in [1.29, 1.82) is 0 Å². The fraction of sp³-hybridized carbons (Fsp3) is 0.250. The average molecular weight is 343 g/mol. The highest BCUT2D eigenvalue weighted by atomic mass is 16.6. The van der Waals surface area contributed by atoms with Gasteiger partial charge in [-0.3, -0.25) is 30.3 Å². The minimum absolute atomic E-state index is 0.125. The summed E-state index contributed by atoms with van der Waals surface area (Å²) in [6.07, 6.45) is 1.42. The van der Waals surface area contributed by atoms with Gasteiger partial charge in [-0.2, -0.15) is 0 Å². The van der Waals surface area contributed by atoms with E-state index >= 15 is 0 Å². The number of carbonyl (C=O) groups is 1. The number of hydrogen-bond acceptors (Lipinski definition) is 8. The lowest BCUT2D eigenvalue weighted by molar-refractivity contribution is -0.470. The topological polar surface area (TPSA) is 187 Å². The monoisotopic (exact) mass is 343 g/mol. The van der Waals surface area contributed by atoms with E-state index in [9.17, 15) is 35.1 Å². The second kappa shape index (κ2) is 9.58. The van der Waals surface area contributed by atoms with Crippen LogP contribution in [0.1, 0.15) is 17.3 Å². The Morgan fingerprint density at radius 1 is 1.08 bits per heavy atom. The summed E-state index contributed by atoms with van der Waals surface area (Å²) in [5.41, 5.74) is -1.15. The predicted molar refractivity (Wildman–Crippen MR) is 79.4 cm³/mol. The van der Waals surface area contributed by atoms with Gasteiger partial charge in [0.05, 0.1) is 28.1 Å². The first-order valence-electron chi connectivity index (χ1n) is 6.14. The molecule has 0 unspecified atom stereocenters. The van der Waals surface area contributed by atoms with E-state index in [4.69, 9.17) is 10.2 Å². The van der Waals surface area contributed by atoms with Gasteiger partial charge in [0, 0.05) is 17.1 Å². The molecule has 0 saturated carbocycles. The first-order chi connectivity index (χ1) is 11.1. The van der Waals surface area contributed by atoms with Crippen LogP contribution in [0.2, 0.25) is 0 Å². The van der Waals surface area contributed by atoms with Crippen molar-refractivity contribution in [3.05, 3.63) is 65.8 Å². The Hall–Kier alpha value is -3.41. The number of nitro groups is 3. The molecule has 0 amide bonds. The molecule has 0 aliphatic rings. The van der Waals surface area contributed by atoms with Crippen molar-refractivity contribution in [3.8, 4) is 0 Å². The molecule has 0 bridgehead atoms. The molecule has 130 valence electrons. The molecule has 0 aliphatic heterocycles. The van der Waals surface area contributed by atoms with Crippen LogP contribution >= 0.6 is 0 Å². The zero-order valence-electron chi connectivity index (χ0n) is 12.3. The van der Waals surface area contributed by atoms with Gasteiger partial charge >= 0.3 is 5.97 Å². The van der Waals surface area contributed by atoms with Crippen LogP contribution in [0.3, 0.4) is 0 Å². The van der Waals surface area contributed by atoms with Gasteiger partial charge in [0.15, 0.2) is 0 Å². The highest BCUT2D eigenvalue weighted by Gasteiger charge is 2.19. The summed E-state index contributed by atoms with van der Waals surface area (Å²) in [5.74, 6) is -1.46. The maximum absolute atomic E-state index is 10.5. The van der Waals surface area contributed by atoms with E-state index in [0.29, 0.717) is 11.6 Å². The van der Waals surface area contributed by atoms with E-state index < -0.39 is 37.7 Å². The first-order valence-corrected chi connectivity index (χ1v) is 6.14. The van der Waals surface area contributed by atoms with E-state index in [2.05, 4.69) is 0 Å². The summed E-state index contributed by atoms with van der Waals surface area (Å²) in [6.45, 7) is 1.30. The third-order valence-corrected chi connectivity index (χ3v) is 2.39. The second-order valence-corrected chi connectivity index (χ2v) is 4.28. The highest BCUT2D eigenvalue weighted by molar-refractivity contribution is 5.89. The van der Waals surface area contributed by atoms with Crippen LogP contribution in [0, 0.1) is 30.3 Å². The van der Waals surface area contributed by atoms with Crippen LogP contribution in [-0.2, 0) is 0 Å². The molecule has 12 nitrogen and oxygen atoms in total. The highest BCUT2D eigenvalue weighted by Crippen LogP contribution is 2.22. The summed E-state index contributed by atoms with van der Waals surface area (Å²) >= 11 is 0. The third kappa shape index (κ3) is 7.56. The van der Waals surface area contributed by atoms with Crippen molar-refractivity contribution < 1.29 is 29.8 Å². The summed E-state index contributed by atoms with van der Waals surface area (Å²) in [6, 6.07) is 2.22. The number of non-ortho nitro benzene ring substituents is 2. The third-order valence-electron chi connectivity index (χ3n) is 2.39. The van der Waals surface area contributed by atoms with E-state index in [1.165, 1.54) is 6.08 Å². The summed E-state index contributed by atoms with van der Waals surface area (Å²) in [7, 11) is 0. The minimum Gasteiger partial charge on any atom is -0.478 e. The van der Waals surface area contributed by atoms with Crippen LogP contribution in [0.15, 0.2) is 29.8 Å². The molecule has 1 rings (SSSR count). The van der Waals surface area contributed by atoms with Crippen molar-refractivity contribution in [2.24, 2.45) is 0 Å². The molecule has 0 heterocycles. The van der Waals surface area contributed by atoms with Crippen LogP contribution in [-0.4, -0.2) is 44.1 Å². The van der Waals surface area contributed by atoms with Gasteiger partial charge in [0.2, 0.25) is 6.54 Å². The molecule has 0 radical (unpaired) electrons. The molecular weight excluding hydrogens is 330 g/mol. The molecule has 1 aromatic rings. The fourth-order valence-corrected chi connectivity index (χ4v) is 1.35. The number of aliphatic hydroxyl groups excluding tert-OH is 1. The van der Waals surface area contributed by atoms with Crippen LogP contribution in [0.5, 0.6) is 0 Å². The van der Waals surface area contributed by atoms with E-state index in [1.807, 2.05) is 0 Å². The number of carboxylic acid groups (broad SMARTS) is 1. The summed E-state index contributed by atoms with van der Waals surface area (Å²) < 4.78 is 0. The van der Waals surface area contributed by atoms with Crippen molar-refractivity contribution in [1.82, 2.24) is 0 Å². The lowest BCUT2D eigenvalue weighted by atomic mass is 10.2.